The SMILES string of the molecule is CCc1nn(C)cc1CNc1ncc[nH]1. The van der Waals surface area contributed by atoms with Crippen LogP contribution in [0.25, 0.3) is 0 Å². The number of nitrogens with zero attached hydrogens (tertiary/aromatic N) is 3. The predicted molar refractivity (Wildman–Crippen MR) is 58.5 cm³/mol. The molecule has 2 heterocycles. The predicted octanol–water partition coefficient (Wildman–Crippen LogP) is 1.32. The highest BCUT2D eigenvalue weighted by molar-refractivity contribution is 5.27. The van der Waals surface area contributed by atoms with Crippen LogP contribution in [0.3, 0.4) is 0 Å². The Balaban J connectivity index is 2.04. The van der Waals surface area contributed by atoms with Gasteiger partial charge in [-0.15, -0.1) is 0 Å². The highest BCUT2D eigenvalue weighted by atomic mass is 15.3. The number of imidazole rings is 1. The van der Waals surface area contributed by atoms with Crippen LogP contribution < -0.4 is 5.32 Å². The van der Waals surface area contributed by atoms with Crippen molar-refractivity contribution in [3.8, 4) is 0 Å². The third kappa shape index (κ3) is 2.18. The first kappa shape index (κ1) is 9.76. The molecule has 2 N–H and O–H groups in total. The monoisotopic (exact) mass is 205 g/mol. The molecule has 0 radical (unpaired) electrons. The fourth-order valence-electron chi connectivity index (χ4n) is 1.57. The van der Waals surface area contributed by atoms with Gasteiger partial charge in [-0.25, -0.2) is 4.98 Å². The smallest absolute Gasteiger partial charge is 0.200 e. The fraction of sp³-hybridized carbons (Fsp3) is 0.400. The van der Waals surface area contributed by atoms with E-state index in [1.165, 1.54) is 5.56 Å². The van der Waals surface area contributed by atoms with Crippen LogP contribution in [-0.2, 0) is 20.0 Å². The molecule has 2 aromatic heterocycles. The number of H-pyrrole nitrogens is 1. The summed E-state index contributed by atoms with van der Waals surface area (Å²) in [5, 5.41) is 7.58. The standard InChI is InChI=1S/C10H15N5/c1-3-9-8(7-15(2)14-9)6-13-10-11-4-5-12-10/h4-5,7H,3,6H2,1-2H3,(H2,11,12,13). The number of nitrogens with one attached hydrogen (secondary N) is 2. The van der Waals surface area contributed by atoms with Crippen molar-refractivity contribution in [2.45, 2.75) is 19.9 Å². The number of hydrogen-bond acceptors (Lipinski definition) is 3. The van der Waals surface area contributed by atoms with Crippen molar-refractivity contribution in [3.63, 3.8) is 0 Å². The van der Waals surface area contributed by atoms with Crippen molar-refractivity contribution in [2.24, 2.45) is 7.05 Å². The number of rotatable bonds is 4. The van der Waals surface area contributed by atoms with Gasteiger partial charge in [-0.2, -0.15) is 5.10 Å². The Morgan fingerprint density at radius 3 is 3.07 bits per heavy atom. The van der Waals surface area contributed by atoms with Gasteiger partial charge in [0.25, 0.3) is 0 Å². The van der Waals surface area contributed by atoms with Gasteiger partial charge in [0, 0.05) is 37.7 Å². The largest absolute Gasteiger partial charge is 0.352 e. The molecule has 0 saturated carbocycles. The Morgan fingerprint density at radius 2 is 2.40 bits per heavy atom. The number of anilines is 1. The molecule has 0 aliphatic heterocycles. The summed E-state index contributed by atoms with van der Waals surface area (Å²) in [4.78, 5) is 7.10. The zero-order valence-electron chi connectivity index (χ0n) is 8.99. The normalized spacial score (nSPS) is 10.5. The summed E-state index contributed by atoms with van der Waals surface area (Å²) in [7, 11) is 1.94. The molecule has 0 amide bonds. The van der Waals surface area contributed by atoms with Gasteiger partial charge in [0.15, 0.2) is 5.95 Å². The molecule has 0 unspecified atom stereocenters. The first-order chi connectivity index (χ1) is 7.29. The Labute approximate surface area is 88.5 Å². The lowest BCUT2D eigenvalue weighted by atomic mass is 10.2. The zero-order chi connectivity index (χ0) is 10.7. The second kappa shape index (κ2) is 4.16. The minimum absolute atomic E-state index is 0.754. The van der Waals surface area contributed by atoms with E-state index < -0.39 is 0 Å². The van der Waals surface area contributed by atoms with Crippen molar-refractivity contribution >= 4 is 5.95 Å². The highest BCUT2D eigenvalue weighted by Gasteiger charge is 2.05. The molecular formula is C10H15N5. The van der Waals surface area contributed by atoms with Crippen molar-refractivity contribution < 1.29 is 0 Å². The van der Waals surface area contributed by atoms with Crippen molar-refractivity contribution in [2.75, 3.05) is 5.32 Å². The van der Waals surface area contributed by atoms with E-state index in [1.807, 2.05) is 17.9 Å². The van der Waals surface area contributed by atoms with Gasteiger partial charge in [-0.05, 0) is 6.42 Å². The molecule has 2 rings (SSSR count). The van der Waals surface area contributed by atoms with Crippen LogP contribution >= 0.6 is 0 Å². The molecule has 0 aliphatic carbocycles. The van der Waals surface area contributed by atoms with Crippen LogP contribution in [0, 0.1) is 0 Å². The molecule has 2 aromatic rings. The average Bonchev–Trinajstić information content (AvgIpc) is 2.83. The molecule has 0 aromatic carbocycles. The maximum absolute atomic E-state index is 4.38. The number of hydrogen-bond donors (Lipinski definition) is 2. The second-order valence-corrected chi connectivity index (χ2v) is 3.42. The van der Waals surface area contributed by atoms with Gasteiger partial charge >= 0.3 is 0 Å². The maximum Gasteiger partial charge on any atom is 0.200 e. The highest BCUT2D eigenvalue weighted by Crippen LogP contribution is 2.08. The third-order valence-corrected chi connectivity index (χ3v) is 2.27. The van der Waals surface area contributed by atoms with Crippen LogP contribution in [0.5, 0.6) is 0 Å². The molecule has 0 spiro atoms. The van der Waals surface area contributed by atoms with Crippen molar-refractivity contribution in [1.82, 2.24) is 19.7 Å². The molecule has 0 fully saturated rings. The average molecular weight is 205 g/mol. The number of aromatic nitrogens is 4. The Morgan fingerprint density at radius 1 is 1.53 bits per heavy atom. The van der Waals surface area contributed by atoms with Crippen LogP contribution in [0.2, 0.25) is 0 Å². The molecule has 0 atom stereocenters. The quantitative estimate of drug-likeness (QED) is 0.791. The van der Waals surface area contributed by atoms with E-state index in [0.717, 1.165) is 24.6 Å². The molecule has 5 nitrogen and oxygen atoms in total. The van der Waals surface area contributed by atoms with E-state index in [4.69, 9.17) is 0 Å². The zero-order valence-corrected chi connectivity index (χ0v) is 8.99. The second-order valence-electron chi connectivity index (χ2n) is 3.42. The van der Waals surface area contributed by atoms with Gasteiger partial charge in [0.05, 0.1) is 5.69 Å². The molecule has 15 heavy (non-hydrogen) atoms. The Kier molecular flexibility index (Phi) is 2.71. The van der Waals surface area contributed by atoms with Gasteiger partial charge in [-0.1, -0.05) is 6.92 Å². The number of aromatic amines is 1. The van der Waals surface area contributed by atoms with E-state index >= 15 is 0 Å². The van der Waals surface area contributed by atoms with Crippen LogP contribution in [0.1, 0.15) is 18.2 Å². The van der Waals surface area contributed by atoms with Gasteiger partial charge in [0.2, 0.25) is 0 Å². The number of aryl methyl sites for hydroxylation is 2. The molecule has 5 heteroatoms. The van der Waals surface area contributed by atoms with Crippen LogP contribution in [-0.4, -0.2) is 19.7 Å². The Bertz CT molecular complexity index is 415. The summed E-state index contributed by atoms with van der Waals surface area (Å²) in [6, 6.07) is 0. The lowest BCUT2D eigenvalue weighted by Crippen LogP contribution is -2.02. The first-order valence-corrected chi connectivity index (χ1v) is 5.04. The van der Waals surface area contributed by atoms with Gasteiger partial charge in [-0.3, -0.25) is 4.68 Å². The minimum Gasteiger partial charge on any atom is -0.352 e. The van der Waals surface area contributed by atoms with E-state index in [-0.39, 0.29) is 0 Å². The topological polar surface area (TPSA) is 58.5 Å². The van der Waals surface area contributed by atoms with Crippen LogP contribution in [0.15, 0.2) is 18.6 Å². The minimum atomic E-state index is 0.754. The molecule has 0 aliphatic rings. The molecular weight excluding hydrogens is 190 g/mol. The van der Waals surface area contributed by atoms with Gasteiger partial charge < -0.3 is 10.3 Å². The first-order valence-electron chi connectivity index (χ1n) is 5.04. The third-order valence-electron chi connectivity index (χ3n) is 2.27. The van der Waals surface area contributed by atoms with Crippen molar-refractivity contribution in [1.29, 1.82) is 0 Å². The Hall–Kier alpha value is -1.78. The summed E-state index contributed by atoms with van der Waals surface area (Å²) in [6.07, 6.45) is 6.52. The molecule has 0 bridgehead atoms. The lowest BCUT2D eigenvalue weighted by molar-refractivity contribution is 0.746. The van der Waals surface area contributed by atoms with Crippen LogP contribution in [0.4, 0.5) is 5.95 Å². The molecule has 0 saturated heterocycles. The summed E-state index contributed by atoms with van der Waals surface area (Å²) in [5.41, 5.74) is 2.35. The maximum atomic E-state index is 4.38. The van der Waals surface area contributed by atoms with E-state index in [1.54, 1.807) is 12.4 Å². The van der Waals surface area contributed by atoms with Crippen molar-refractivity contribution in [3.05, 3.63) is 29.8 Å². The fourth-order valence-corrected chi connectivity index (χ4v) is 1.57. The lowest BCUT2D eigenvalue weighted by Gasteiger charge is -2.01. The van der Waals surface area contributed by atoms with E-state index in [0.29, 0.717) is 0 Å². The van der Waals surface area contributed by atoms with Gasteiger partial charge in [0.1, 0.15) is 0 Å². The summed E-state index contributed by atoms with van der Waals surface area (Å²) < 4.78 is 1.85. The van der Waals surface area contributed by atoms with E-state index in [2.05, 4.69) is 27.3 Å². The summed E-state index contributed by atoms with van der Waals surface area (Å²) in [5.74, 6) is 0.793. The van der Waals surface area contributed by atoms with E-state index in [9.17, 15) is 0 Å². The summed E-state index contributed by atoms with van der Waals surface area (Å²) in [6.45, 7) is 2.86. The molecule has 80 valence electrons. The summed E-state index contributed by atoms with van der Waals surface area (Å²) >= 11 is 0.